The van der Waals surface area contributed by atoms with Gasteiger partial charge in [0, 0.05) is 22.5 Å². The van der Waals surface area contributed by atoms with Crippen molar-refractivity contribution in [3.8, 4) is 22.6 Å². The fourth-order valence-corrected chi connectivity index (χ4v) is 4.03. The maximum atomic E-state index is 12.8. The monoisotopic (exact) mass is 546 g/mol. The summed E-state index contributed by atoms with van der Waals surface area (Å²) in [5, 5.41) is -0.0629. The summed E-state index contributed by atoms with van der Waals surface area (Å²) in [5.41, 5.74) is 2.90. The number of rotatable bonds is 14. The van der Waals surface area contributed by atoms with Gasteiger partial charge in [-0.2, -0.15) is 0 Å². The molecule has 3 aromatic rings. The van der Waals surface area contributed by atoms with Gasteiger partial charge in [0.05, 0.1) is 12.9 Å². The highest BCUT2D eigenvalue weighted by atomic mass is 32.2. The second-order valence-corrected chi connectivity index (χ2v) is 9.38. The highest BCUT2D eigenvalue weighted by molar-refractivity contribution is 8.14. The summed E-state index contributed by atoms with van der Waals surface area (Å²) in [6, 6.07) is 22.2. The van der Waals surface area contributed by atoms with Gasteiger partial charge in [-0.3, -0.25) is 9.59 Å². The fourth-order valence-electron chi connectivity index (χ4n) is 3.29. The second-order valence-electron chi connectivity index (χ2n) is 8.34. The first-order chi connectivity index (χ1) is 18.9. The lowest BCUT2D eigenvalue weighted by Crippen LogP contribution is -2.12. The average molecular weight is 547 g/mol. The summed E-state index contributed by atoms with van der Waals surface area (Å²) >= 11 is 1.14. The Morgan fingerprint density at radius 1 is 0.795 bits per heavy atom. The van der Waals surface area contributed by atoms with Gasteiger partial charge in [0.25, 0.3) is 0 Å². The van der Waals surface area contributed by atoms with E-state index in [0.717, 1.165) is 34.0 Å². The summed E-state index contributed by atoms with van der Waals surface area (Å²) in [6.07, 6.45) is 1.90. The third-order valence-corrected chi connectivity index (χ3v) is 6.21. The van der Waals surface area contributed by atoms with E-state index in [2.05, 4.69) is 17.9 Å². The van der Waals surface area contributed by atoms with Gasteiger partial charge in [-0.25, -0.2) is 4.79 Å². The number of carbonyl (C=O) groups is 3. The minimum Gasteiger partial charge on any atom is -0.494 e. The Morgan fingerprint density at radius 2 is 1.36 bits per heavy atom. The molecule has 0 N–H and O–H groups in total. The van der Waals surface area contributed by atoms with Crippen molar-refractivity contribution in [1.29, 1.82) is 0 Å². The van der Waals surface area contributed by atoms with Gasteiger partial charge in [0.2, 0.25) is 5.12 Å². The molecule has 39 heavy (non-hydrogen) atoms. The molecule has 0 heterocycles. The Labute approximate surface area is 232 Å². The molecule has 7 nitrogen and oxygen atoms in total. The molecule has 0 fully saturated rings. The smallest absolute Gasteiger partial charge is 0.333 e. The molecule has 0 amide bonds. The van der Waals surface area contributed by atoms with Crippen LogP contribution in [0.2, 0.25) is 0 Å². The van der Waals surface area contributed by atoms with E-state index < -0.39 is 5.97 Å². The Morgan fingerprint density at radius 3 is 1.95 bits per heavy atom. The van der Waals surface area contributed by atoms with Crippen molar-refractivity contribution in [3.63, 3.8) is 0 Å². The van der Waals surface area contributed by atoms with Crippen LogP contribution in [0.5, 0.6) is 11.5 Å². The van der Waals surface area contributed by atoms with E-state index in [1.165, 1.54) is 0 Å². The first kappa shape index (κ1) is 29.3. The molecule has 0 aliphatic rings. The summed E-state index contributed by atoms with van der Waals surface area (Å²) in [4.78, 5) is 36.2. The predicted molar refractivity (Wildman–Crippen MR) is 151 cm³/mol. The minimum atomic E-state index is -0.435. The Bertz CT molecular complexity index is 1280. The van der Waals surface area contributed by atoms with Crippen molar-refractivity contribution in [3.05, 3.63) is 103 Å². The number of esters is 2. The van der Waals surface area contributed by atoms with E-state index in [1.807, 2.05) is 48.5 Å². The van der Waals surface area contributed by atoms with Crippen LogP contribution in [0, 0.1) is 0 Å². The molecule has 0 aromatic heterocycles. The zero-order valence-electron chi connectivity index (χ0n) is 21.7. The van der Waals surface area contributed by atoms with Crippen LogP contribution in [0.4, 0.5) is 0 Å². The maximum Gasteiger partial charge on any atom is 0.333 e. The summed E-state index contributed by atoms with van der Waals surface area (Å²) < 4.78 is 20.9. The molecule has 0 bridgehead atoms. The van der Waals surface area contributed by atoms with Crippen LogP contribution in [0.1, 0.15) is 30.1 Å². The minimum absolute atomic E-state index is 0.0629. The van der Waals surface area contributed by atoms with Crippen LogP contribution in [-0.2, 0) is 19.1 Å². The summed E-state index contributed by atoms with van der Waals surface area (Å²) in [5.74, 6) is 0.552. The predicted octanol–water partition coefficient (Wildman–Crippen LogP) is 6.63. The van der Waals surface area contributed by atoms with Crippen LogP contribution in [0.25, 0.3) is 11.1 Å². The first-order valence-corrected chi connectivity index (χ1v) is 13.1. The standard InChI is InChI=1S/C31H30O7S/c1-4-35-29(32)6-5-19-36-27-15-17-28(18-16-27)39-31(34)25-9-7-23(8-10-25)24-11-13-26(14-12-24)37-20-21-38-30(33)22(2)3/h4,7-18H,1-2,5-6,19-21H2,3H3. The van der Waals surface area contributed by atoms with E-state index in [0.29, 0.717) is 35.7 Å². The van der Waals surface area contributed by atoms with Crippen molar-refractivity contribution >= 4 is 28.8 Å². The third-order valence-electron chi connectivity index (χ3n) is 5.28. The van der Waals surface area contributed by atoms with Crippen molar-refractivity contribution in [1.82, 2.24) is 0 Å². The molecule has 0 unspecified atom stereocenters. The van der Waals surface area contributed by atoms with Gasteiger partial charge >= 0.3 is 11.9 Å². The number of ether oxygens (including phenoxy) is 4. The Kier molecular flexibility index (Phi) is 11.4. The maximum absolute atomic E-state index is 12.8. The van der Waals surface area contributed by atoms with Crippen LogP contribution in [0.3, 0.4) is 0 Å². The van der Waals surface area contributed by atoms with Crippen LogP contribution in [-0.4, -0.2) is 36.9 Å². The van der Waals surface area contributed by atoms with Gasteiger partial charge in [-0.05, 0) is 84.8 Å². The first-order valence-electron chi connectivity index (χ1n) is 12.3. The summed E-state index contributed by atoms with van der Waals surface area (Å²) in [6.45, 7) is 9.25. The van der Waals surface area contributed by atoms with E-state index in [1.54, 1.807) is 31.2 Å². The molecule has 0 radical (unpaired) electrons. The largest absolute Gasteiger partial charge is 0.494 e. The molecule has 0 saturated heterocycles. The van der Waals surface area contributed by atoms with Gasteiger partial charge in [-0.15, -0.1) is 0 Å². The van der Waals surface area contributed by atoms with Crippen molar-refractivity contribution in [2.75, 3.05) is 19.8 Å². The normalized spacial score (nSPS) is 10.3. The lowest BCUT2D eigenvalue weighted by molar-refractivity contribution is -0.140. The van der Waals surface area contributed by atoms with Gasteiger partial charge < -0.3 is 18.9 Å². The van der Waals surface area contributed by atoms with Gasteiger partial charge in [0.1, 0.15) is 24.7 Å². The van der Waals surface area contributed by atoms with Crippen LogP contribution >= 0.6 is 11.8 Å². The molecule has 202 valence electrons. The molecule has 0 saturated carbocycles. The van der Waals surface area contributed by atoms with E-state index in [4.69, 9.17) is 14.2 Å². The third kappa shape index (κ3) is 9.83. The topological polar surface area (TPSA) is 88.1 Å². The molecule has 0 atom stereocenters. The van der Waals surface area contributed by atoms with Gasteiger partial charge in [0.15, 0.2) is 0 Å². The molecule has 8 heteroatoms. The van der Waals surface area contributed by atoms with Crippen LogP contribution < -0.4 is 9.47 Å². The number of hydrogen-bond acceptors (Lipinski definition) is 8. The number of hydrogen-bond donors (Lipinski definition) is 0. The fraction of sp³-hybridized carbons (Fsp3) is 0.194. The van der Waals surface area contributed by atoms with E-state index >= 15 is 0 Å². The van der Waals surface area contributed by atoms with E-state index in [9.17, 15) is 14.4 Å². The quantitative estimate of drug-likeness (QED) is 0.0732. The Balaban J connectivity index is 1.45. The van der Waals surface area contributed by atoms with Gasteiger partial charge in [-0.1, -0.05) is 37.4 Å². The van der Waals surface area contributed by atoms with Crippen LogP contribution in [0.15, 0.2) is 103 Å². The van der Waals surface area contributed by atoms with Crippen molar-refractivity contribution in [2.45, 2.75) is 24.7 Å². The SMILES string of the molecule is C=COC(=O)CCCOc1ccc(SC(=O)c2ccc(-c3ccc(OCCOC(=O)C(=C)C)cc3)cc2)cc1. The molecule has 3 rings (SSSR count). The number of carbonyl (C=O) groups excluding carboxylic acids is 3. The zero-order chi connectivity index (χ0) is 28.0. The number of thioether (sulfide) groups is 1. The van der Waals surface area contributed by atoms with Crippen molar-refractivity contribution < 1.29 is 33.3 Å². The van der Waals surface area contributed by atoms with Crippen molar-refractivity contribution in [2.24, 2.45) is 0 Å². The lowest BCUT2D eigenvalue weighted by atomic mass is 10.0. The zero-order valence-corrected chi connectivity index (χ0v) is 22.5. The molecule has 0 spiro atoms. The highest BCUT2D eigenvalue weighted by Gasteiger charge is 2.10. The lowest BCUT2D eigenvalue weighted by Gasteiger charge is -2.09. The molecule has 0 aliphatic carbocycles. The van der Waals surface area contributed by atoms with E-state index in [-0.39, 0.29) is 30.7 Å². The average Bonchev–Trinajstić information content (AvgIpc) is 2.94. The second kappa shape index (κ2) is 15.2. The number of benzene rings is 3. The molecular weight excluding hydrogens is 516 g/mol. The Hall–Kier alpha value is -4.30. The summed E-state index contributed by atoms with van der Waals surface area (Å²) in [7, 11) is 0. The molecular formula is C31H30O7S. The molecule has 3 aromatic carbocycles. The molecule has 0 aliphatic heterocycles. The highest BCUT2D eigenvalue weighted by Crippen LogP contribution is 2.27.